The second kappa shape index (κ2) is 5.53. The Bertz CT molecular complexity index is 434. The summed E-state index contributed by atoms with van der Waals surface area (Å²) in [6.07, 6.45) is 0. The van der Waals surface area contributed by atoms with E-state index in [1.54, 1.807) is 26.2 Å². The number of carboxylic acid groups (broad SMARTS) is 1. The predicted molar refractivity (Wildman–Crippen MR) is 71.1 cm³/mol. The van der Waals surface area contributed by atoms with Gasteiger partial charge in [0.05, 0.1) is 5.56 Å². The minimum absolute atomic E-state index is 0.0824. The monoisotopic (exact) mass is 351 g/mol. The summed E-state index contributed by atoms with van der Waals surface area (Å²) in [4.78, 5) is 24.4. The quantitative estimate of drug-likeness (QED) is 0.658. The Kier molecular flexibility index (Phi) is 4.60. The average Bonchev–Trinajstić information content (AvgIpc) is 2.20. The number of hydrogen-bond acceptors (Lipinski definition) is 3. The van der Waals surface area contributed by atoms with Crippen molar-refractivity contribution in [2.75, 3.05) is 14.1 Å². The van der Waals surface area contributed by atoms with Crippen molar-refractivity contribution < 1.29 is 14.7 Å². The van der Waals surface area contributed by atoms with Gasteiger partial charge < -0.3 is 10.0 Å². The van der Waals surface area contributed by atoms with E-state index < -0.39 is 5.97 Å². The molecule has 86 valence electrons. The summed E-state index contributed by atoms with van der Waals surface area (Å²) >= 11 is 3.11. The molecule has 0 aromatic heterocycles. The van der Waals surface area contributed by atoms with Crippen LogP contribution in [-0.4, -0.2) is 35.3 Å². The first-order valence-electron chi connectivity index (χ1n) is 4.34. The van der Waals surface area contributed by atoms with Gasteiger partial charge in [0.2, 0.25) is 0 Å². The molecule has 0 radical (unpaired) electrons. The SMILES string of the molecule is CN(C)C(=O)Sc1ccc(C(=O)O)cc1I. The predicted octanol–water partition coefficient (Wildman–Crippen LogP) is 2.76. The van der Waals surface area contributed by atoms with Crippen LogP contribution < -0.4 is 0 Å². The smallest absolute Gasteiger partial charge is 0.335 e. The first-order valence-corrected chi connectivity index (χ1v) is 6.23. The van der Waals surface area contributed by atoms with E-state index in [1.165, 1.54) is 11.0 Å². The Morgan fingerprint density at radius 1 is 1.38 bits per heavy atom. The fraction of sp³-hybridized carbons (Fsp3) is 0.200. The number of carboxylic acids is 1. The minimum Gasteiger partial charge on any atom is -0.478 e. The minimum atomic E-state index is -0.964. The van der Waals surface area contributed by atoms with Crippen LogP contribution in [0.15, 0.2) is 23.1 Å². The maximum absolute atomic E-state index is 11.5. The normalized spacial score (nSPS) is 9.94. The van der Waals surface area contributed by atoms with Gasteiger partial charge in [-0.1, -0.05) is 0 Å². The van der Waals surface area contributed by atoms with E-state index in [2.05, 4.69) is 0 Å². The van der Waals surface area contributed by atoms with Crippen LogP contribution in [0.3, 0.4) is 0 Å². The molecule has 0 aliphatic rings. The Morgan fingerprint density at radius 3 is 2.44 bits per heavy atom. The maximum atomic E-state index is 11.5. The van der Waals surface area contributed by atoms with Gasteiger partial charge in [0.1, 0.15) is 0 Å². The van der Waals surface area contributed by atoms with Gasteiger partial charge in [-0.15, -0.1) is 0 Å². The van der Waals surface area contributed by atoms with E-state index >= 15 is 0 Å². The van der Waals surface area contributed by atoms with Crippen LogP contribution in [0.2, 0.25) is 0 Å². The highest BCUT2D eigenvalue weighted by Gasteiger charge is 2.11. The molecule has 4 nitrogen and oxygen atoms in total. The highest BCUT2D eigenvalue weighted by Crippen LogP contribution is 2.26. The van der Waals surface area contributed by atoms with Gasteiger partial charge in [-0.3, -0.25) is 4.79 Å². The molecule has 0 saturated carbocycles. The van der Waals surface area contributed by atoms with E-state index in [0.29, 0.717) is 0 Å². The topological polar surface area (TPSA) is 57.6 Å². The second-order valence-electron chi connectivity index (χ2n) is 3.21. The Morgan fingerprint density at radius 2 is 2.00 bits per heavy atom. The van der Waals surface area contributed by atoms with E-state index in [4.69, 9.17) is 5.11 Å². The van der Waals surface area contributed by atoms with Crippen molar-refractivity contribution in [2.24, 2.45) is 0 Å². The first-order chi connectivity index (χ1) is 7.41. The highest BCUT2D eigenvalue weighted by atomic mass is 127. The van der Waals surface area contributed by atoms with E-state index in [0.717, 1.165) is 20.2 Å². The molecular formula is C10H10INO3S. The fourth-order valence-electron chi connectivity index (χ4n) is 0.902. The number of benzene rings is 1. The van der Waals surface area contributed by atoms with Crippen LogP contribution in [0.25, 0.3) is 0 Å². The van der Waals surface area contributed by atoms with Gasteiger partial charge in [-0.25, -0.2) is 4.79 Å². The molecule has 0 saturated heterocycles. The van der Waals surface area contributed by atoms with Gasteiger partial charge in [0.25, 0.3) is 5.24 Å². The molecule has 0 spiro atoms. The molecule has 1 rings (SSSR count). The van der Waals surface area contributed by atoms with Crippen LogP contribution in [0, 0.1) is 3.57 Å². The second-order valence-corrected chi connectivity index (χ2v) is 5.37. The molecule has 0 aliphatic carbocycles. The number of carbonyl (C=O) groups excluding carboxylic acids is 1. The van der Waals surface area contributed by atoms with Crippen molar-refractivity contribution in [3.63, 3.8) is 0 Å². The molecule has 0 bridgehead atoms. The van der Waals surface area contributed by atoms with Crippen molar-refractivity contribution in [2.45, 2.75) is 4.90 Å². The molecule has 1 aromatic carbocycles. The third-order valence-electron chi connectivity index (χ3n) is 1.74. The molecule has 16 heavy (non-hydrogen) atoms. The molecule has 0 atom stereocenters. The standard InChI is InChI=1S/C10H10INO3S/c1-12(2)10(15)16-8-4-3-6(9(13)14)5-7(8)11/h3-5H,1-2H3,(H,13,14). The lowest BCUT2D eigenvalue weighted by atomic mass is 10.2. The summed E-state index contributed by atoms with van der Waals surface area (Å²) in [7, 11) is 3.35. The first kappa shape index (κ1) is 13.3. The number of carbonyl (C=O) groups is 2. The Balaban J connectivity index is 2.91. The molecule has 0 fully saturated rings. The number of halogens is 1. The molecule has 0 aliphatic heterocycles. The van der Waals surface area contributed by atoms with Gasteiger partial charge >= 0.3 is 5.97 Å². The molecule has 1 amide bonds. The van der Waals surface area contributed by atoms with Crippen LogP contribution in [0.4, 0.5) is 4.79 Å². The molecular weight excluding hydrogens is 341 g/mol. The number of nitrogens with zero attached hydrogens (tertiary/aromatic N) is 1. The van der Waals surface area contributed by atoms with Crippen molar-refractivity contribution >= 4 is 45.6 Å². The number of amides is 1. The fourth-order valence-corrected chi connectivity index (χ4v) is 2.41. The van der Waals surface area contributed by atoms with Crippen LogP contribution in [-0.2, 0) is 0 Å². The molecule has 1 N–H and O–H groups in total. The van der Waals surface area contributed by atoms with E-state index in [9.17, 15) is 9.59 Å². The zero-order valence-electron chi connectivity index (χ0n) is 8.73. The number of thioether (sulfide) groups is 1. The van der Waals surface area contributed by atoms with Crippen LogP contribution in [0.5, 0.6) is 0 Å². The molecule has 6 heteroatoms. The Labute approximate surface area is 111 Å². The summed E-state index contributed by atoms with van der Waals surface area (Å²) in [5, 5.41) is 8.70. The van der Waals surface area contributed by atoms with Crippen LogP contribution >= 0.6 is 34.4 Å². The van der Waals surface area contributed by atoms with Crippen LogP contribution in [0.1, 0.15) is 10.4 Å². The zero-order chi connectivity index (χ0) is 12.3. The third kappa shape index (κ3) is 3.38. The summed E-state index contributed by atoms with van der Waals surface area (Å²) < 4.78 is 0.762. The number of rotatable bonds is 2. The largest absolute Gasteiger partial charge is 0.478 e. The van der Waals surface area contributed by atoms with E-state index in [1.807, 2.05) is 22.6 Å². The van der Waals surface area contributed by atoms with E-state index in [-0.39, 0.29) is 10.8 Å². The lowest BCUT2D eigenvalue weighted by molar-refractivity contribution is 0.0696. The summed E-state index contributed by atoms with van der Waals surface area (Å²) in [5.74, 6) is -0.964. The van der Waals surface area contributed by atoms with Crippen molar-refractivity contribution in [1.29, 1.82) is 0 Å². The lowest BCUT2D eigenvalue weighted by Gasteiger charge is -2.10. The lowest BCUT2D eigenvalue weighted by Crippen LogP contribution is -2.16. The molecule has 0 heterocycles. The number of hydrogen-bond donors (Lipinski definition) is 1. The highest BCUT2D eigenvalue weighted by molar-refractivity contribution is 14.1. The average molecular weight is 351 g/mol. The van der Waals surface area contributed by atoms with Gasteiger partial charge in [0.15, 0.2) is 0 Å². The van der Waals surface area contributed by atoms with Crippen molar-refractivity contribution in [3.8, 4) is 0 Å². The van der Waals surface area contributed by atoms with Gasteiger partial charge in [-0.05, 0) is 52.6 Å². The summed E-state index contributed by atoms with van der Waals surface area (Å²) in [6, 6.07) is 4.70. The summed E-state index contributed by atoms with van der Waals surface area (Å²) in [5.41, 5.74) is 0.228. The summed E-state index contributed by atoms with van der Waals surface area (Å²) in [6.45, 7) is 0. The van der Waals surface area contributed by atoms with Crippen molar-refractivity contribution in [3.05, 3.63) is 27.3 Å². The molecule has 0 unspecified atom stereocenters. The van der Waals surface area contributed by atoms with Gasteiger partial charge in [0, 0.05) is 22.6 Å². The third-order valence-corrected chi connectivity index (χ3v) is 4.12. The van der Waals surface area contributed by atoms with Crippen molar-refractivity contribution in [1.82, 2.24) is 4.90 Å². The zero-order valence-corrected chi connectivity index (χ0v) is 11.7. The maximum Gasteiger partial charge on any atom is 0.335 e. The van der Waals surface area contributed by atoms with Gasteiger partial charge in [-0.2, -0.15) is 0 Å². The Hall–Kier alpha value is -0.760. The number of aromatic carboxylic acids is 1. The molecule has 1 aromatic rings.